The second kappa shape index (κ2) is 8.79. The average Bonchev–Trinajstić information content (AvgIpc) is 3.57. The number of rotatable bonds is 6. The maximum absolute atomic E-state index is 13.3. The first-order valence-corrected chi connectivity index (χ1v) is 11.4. The molecule has 8 nitrogen and oxygen atoms in total. The van der Waals surface area contributed by atoms with Gasteiger partial charge >= 0.3 is 5.91 Å². The number of amides is 1. The Morgan fingerprint density at radius 2 is 1.89 bits per heavy atom. The number of benzene rings is 2. The molecule has 8 heteroatoms. The van der Waals surface area contributed by atoms with Crippen LogP contribution in [0.5, 0.6) is 5.75 Å². The van der Waals surface area contributed by atoms with Crippen LogP contribution in [0.15, 0.2) is 64.8 Å². The van der Waals surface area contributed by atoms with Crippen LogP contribution < -0.4 is 9.64 Å². The van der Waals surface area contributed by atoms with E-state index in [2.05, 4.69) is 9.97 Å². The number of hydrogen-bond donors (Lipinski definition) is 2. The molecule has 2 N–H and O–H groups in total. The lowest BCUT2D eigenvalue weighted by Crippen LogP contribution is -2.30. The molecule has 0 saturated carbocycles. The smallest absolute Gasteiger partial charge is 0.302 e. The number of aryl methyl sites for hydroxylation is 2. The topological polar surface area (TPSA) is 109 Å². The zero-order valence-electron chi connectivity index (χ0n) is 19.7. The van der Waals surface area contributed by atoms with E-state index in [1.54, 1.807) is 36.4 Å². The molecule has 2 aromatic carbocycles. The molecule has 0 bridgehead atoms. The number of furan rings is 1. The molecule has 1 atom stereocenters. The van der Waals surface area contributed by atoms with Crippen LogP contribution >= 0.6 is 0 Å². The van der Waals surface area contributed by atoms with E-state index in [0.717, 1.165) is 23.1 Å². The van der Waals surface area contributed by atoms with Gasteiger partial charge in [0.2, 0.25) is 5.95 Å². The van der Waals surface area contributed by atoms with Crippen molar-refractivity contribution in [3.05, 3.63) is 82.8 Å². The maximum Gasteiger partial charge on any atom is 0.302 e. The van der Waals surface area contributed by atoms with E-state index in [1.807, 2.05) is 32.9 Å². The minimum absolute atomic E-state index is 0.0695. The summed E-state index contributed by atoms with van der Waals surface area (Å²) >= 11 is 0. The molecule has 1 amide bonds. The molecule has 1 unspecified atom stereocenters. The van der Waals surface area contributed by atoms with Crippen molar-refractivity contribution in [1.82, 2.24) is 9.97 Å². The van der Waals surface area contributed by atoms with E-state index in [9.17, 15) is 14.7 Å². The number of aromatic nitrogens is 2. The highest BCUT2D eigenvalue weighted by atomic mass is 16.5. The number of anilines is 1. The summed E-state index contributed by atoms with van der Waals surface area (Å²) in [6, 6.07) is 12.9. The van der Waals surface area contributed by atoms with Gasteiger partial charge in [0.05, 0.1) is 29.5 Å². The molecule has 5 rings (SSSR count). The van der Waals surface area contributed by atoms with Crippen molar-refractivity contribution in [2.45, 2.75) is 33.2 Å². The van der Waals surface area contributed by atoms with Gasteiger partial charge in [0.25, 0.3) is 5.78 Å². The molecule has 4 aromatic rings. The number of ether oxygens (including phenoxy) is 1. The zero-order valence-corrected chi connectivity index (χ0v) is 19.7. The number of aliphatic hydroxyl groups excluding tert-OH is 1. The van der Waals surface area contributed by atoms with E-state index < -0.39 is 17.7 Å². The molecule has 3 heterocycles. The highest BCUT2D eigenvalue weighted by Gasteiger charge is 2.49. The number of nitrogens with one attached hydrogen (secondary N) is 1. The Morgan fingerprint density at radius 1 is 1.14 bits per heavy atom. The lowest BCUT2D eigenvalue weighted by molar-refractivity contribution is -0.132. The van der Waals surface area contributed by atoms with E-state index in [4.69, 9.17) is 9.15 Å². The standard InChI is InChI=1S/C27H25N3O5/c1-4-11-34-18-9-7-17(8-10-18)24(31)22-23(21-6-5-12-35-21)30(26(33)25(22)32)27-28-19-13-15(2)16(3)14-20(19)29-27/h5-10,12-14,23,31H,4,11H2,1-3H3,(H,28,29)/b24-22+. The summed E-state index contributed by atoms with van der Waals surface area (Å²) in [5.41, 5.74) is 3.87. The van der Waals surface area contributed by atoms with Crippen molar-refractivity contribution < 1.29 is 23.8 Å². The largest absolute Gasteiger partial charge is 0.507 e. The summed E-state index contributed by atoms with van der Waals surface area (Å²) in [5.74, 6) is -0.722. The van der Waals surface area contributed by atoms with Gasteiger partial charge < -0.3 is 19.2 Å². The Balaban J connectivity index is 1.62. The third kappa shape index (κ3) is 3.86. The van der Waals surface area contributed by atoms with Gasteiger partial charge in [0.15, 0.2) is 0 Å². The van der Waals surface area contributed by atoms with Crippen LogP contribution in [-0.2, 0) is 9.59 Å². The van der Waals surface area contributed by atoms with Gasteiger partial charge in [-0.25, -0.2) is 4.98 Å². The summed E-state index contributed by atoms with van der Waals surface area (Å²) in [7, 11) is 0. The van der Waals surface area contributed by atoms with Crippen molar-refractivity contribution in [3.63, 3.8) is 0 Å². The molecule has 1 aliphatic rings. The molecule has 0 radical (unpaired) electrons. The molecule has 1 fully saturated rings. The fraction of sp³-hybridized carbons (Fsp3) is 0.222. The number of fused-ring (bicyclic) bond motifs is 1. The number of imidazole rings is 1. The van der Waals surface area contributed by atoms with Crippen LogP contribution in [-0.4, -0.2) is 33.4 Å². The predicted molar refractivity (Wildman–Crippen MR) is 131 cm³/mol. The molecule has 0 aliphatic carbocycles. The third-order valence-corrected chi connectivity index (χ3v) is 6.17. The summed E-state index contributed by atoms with van der Waals surface area (Å²) in [5, 5.41) is 11.2. The van der Waals surface area contributed by atoms with Gasteiger partial charge in [-0.15, -0.1) is 0 Å². The first-order chi connectivity index (χ1) is 16.9. The number of carbonyl (C=O) groups is 2. The van der Waals surface area contributed by atoms with Gasteiger partial charge in [-0.1, -0.05) is 6.92 Å². The van der Waals surface area contributed by atoms with E-state index in [1.165, 1.54) is 11.2 Å². The Bertz CT molecular complexity index is 1410. The van der Waals surface area contributed by atoms with Gasteiger partial charge in [-0.2, -0.15) is 0 Å². The predicted octanol–water partition coefficient (Wildman–Crippen LogP) is 5.19. The van der Waals surface area contributed by atoms with Gasteiger partial charge in [0.1, 0.15) is 23.3 Å². The van der Waals surface area contributed by atoms with Crippen molar-refractivity contribution in [2.75, 3.05) is 11.5 Å². The Hall–Kier alpha value is -4.33. The molecule has 1 aliphatic heterocycles. The number of hydrogen-bond acceptors (Lipinski definition) is 6. The van der Waals surface area contributed by atoms with Gasteiger partial charge in [-0.3, -0.25) is 14.5 Å². The summed E-state index contributed by atoms with van der Waals surface area (Å²) in [6.45, 7) is 6.56. The maximum atomic E-state index is 13.3. The van der Waals surface area contributed by atoms with Crippen LogP contribution in [0.25, 0.3) is 16.8 Å². The fourth-order valence-electron chi connectivity index (χ4n) is 4.22. The van der Waals surface area contributed by atoms with Gasteiger partial charge in [0, 0.05) is 5.56 Å². The average molecular weight is 472 g/mol. The van der Waals surface area contributed by atoms with E-state index >= 15 is 0 Å². The van der Waals surface area contributed by atoms with Crippen molar-refractivity contribution in [1.29, 1.82) is 0 Å². The third-order valence-electron chi connectivity index (χ3n) is 6.17. The molecule has 0 spiro atoms. The van der Waals surface area contributed by atoms with Crippen LogP contribution in [0, 0.1) is 13.8 Å². The lowest BCUT2D eigenvalue weighted by atomic mass is 9.99. The highest BCUT2D eigenvalue weighted by Crippen LogP contribution is 2.42. The lowest BCUT2D eigenvalue weighted by Gasteiger charge is -2.20. The molecule has 1 saturated heterocycles. The minimum atomic E-state index is -0.983. The number of aromatic amines is 1. The molecule has 2 aromatic heterocycles. The fourth-order valence-corrected chi connectivity index (χ4v) is 4.22. The summed E-state index contributed by atoms with van der Waals surface area (Å²) < 4.78 is 11.2. The second-order valence-electron chi connectivity index (χ2n) is 8.57. The number of aliphatic hydroxyl groups is 1. The number of H-pyrrole nitrogens is 1. The molecule has 35 heavy (non-hydrogen) atoms. The number of carbonyl (C=O) groups excluding carboxylic acids is 2. The number of Topliss-reactive ketones (excluding diaryl/α,β-unsaturated/α-hetero) is 1. The Morgan fingerprint density at radius 3 is 2.57 bits per heavy atom. The minimum Gasteiger partial charge on any atom is -0.507 e. The monoisotopic (exact) mass is 471 g/mol. The number of ketones is 1. The molecular weight excluding hydrogens is 446 g/mol. The summed E-state index contributed by atoms with van der Waals surface area (Å²) in [6.07, 6.45) is 2.33. The van der Waals surface area contributed by atoms with Gasteiger partial charge in [-0.05, 0) is 79.9 Å². The number of nitrogens with zero attached hydrogens (tertiary/aromatic N) is 2. The van der Waals surface area contributed by atoms with Crippen LogP contribution in [0.3, 0.4) is 0 Å². The summed E-state index contributed by atoms with van der Waals surface area (Å²) in [4.78, 5) is 35.5. The quantitative estimate of drug-likeness (QED) is 0.228. The van der Waals surface area contributed by atoms with E-state index in [0.29, 0.717) is 29.2 Å². The van der Waals surface area contributed by atoms with E-state index in [-0.39, 0.29) is 17.3 Å². The molecule has 178 valence electrons. The van der Waals surface area contributed by atoms with Crippen molar-refractivity contribution >= 4 is 34.4 Å². The highest BCUT2D eigenvalue weighted by molar-refractivity contribution is 6.51. The van der Waals surface area contributed by atoms with Crippen molar-refractivity contribution in [3.8, 4) is 5.75 Å². The Kier molecular flexibility index (Phi) is 5.64. The first-order valence-electron chi connectivity index (χ1n) is 11.4. The Labute approximate surface area is 201 Å². The second-order valence-corrected chi connectivity index (χ2v) is 8.57. The van der Waals surface area contributed by atoms with Crippen LogP contribution in [0.4, 0.5) is 5.95 Å². The molecular formula is C27H25N3O5. The van der Waals surface area contributed by atoms with Crippen LogP contribution in [0.1, 0.15) is 41.8 Å². The first kappa shape index (κ1) is 22.5. The van der Waals surface area contributed by atoms with Crippen LogP contribution in [0.2, 0.25) is 0 Å². The zero-order chi connectivity index (χ0) is 24.7. The van der Waals surface area contributed by atoms with Crippen molar-refractivity contribution in [2.24, 2.45) is 0 Å². The SMILES string of the molecule is CCCOc1ccc(/C(O)=C2\C(=O)C(=O)N(c3nc4cc(C)c(C)cc4[nH]3)C2c2ccco2)cc1. The normalized spacial score (nSPS) is 17.5.